The van der Waals surface area contributed by atoms with Crippen LogP contribution in [0.3, 0.4) is 0 Å². The molecule has 0 saturated carbocycles. The van der Waals surface area contributed by atoms with Crippen LogP contribution in [0.4, 0.5) is 0 Å². The summed E-state index contributed by atoms with van der Waals surface area (Å²) < 4.78 is 4.86. The number of pyridine rings is 1. The Morgan fingerprint density at radius 1 is 1.35 bits per heavy atom. The second-order valence-corrected chi connectivity index (χ2v) is 3.82. The maximum absolute atomic E-state index is 11.6. The summed E-state index contributed by atoms with van der Waals surface area (Å²) >= 11 is 0. The van der Waals surface area contributed by atoms with E-state index >= 15 is 0 Å². The zero-order valence-corrected chi connectivity index (χ0v) is 9.73. The highest BCUT2D eigenvalue weighted by molar-refractivity contribution is 5.91. The van der Waals surface area contributed by atoms with Gasteiger partial charge >= 0.3 is 0 Å². The van der Waals surface area contributed by atoms with Crippen molar-refractivity contribution in [2.45, 2.75) is 20.4 Å². The van der Waals surface area contributed by atoms with Crippen LogP contribution in [0.15, 0.2) is 28.9 Å². The number of hydrogen-bond donors (Lipinski definition) is 1. The van der Waals surface area contributed by atoms with Crippen LogP contribution in [0.2, 0.25) is 0 Å². The first-order chi connectivity index (χ1) is 8.15. The van der Waals surface area contributed by atoms with Gasteiger partial charge in [-0.1, -0.05) is 11.2 Å². The van der Waals surface area contributed by atoms with Crippen LogP contribution < -0.4 is 5.32 Å². The third-order valence-corrected chi connectivity index (χ3v) is 2.28. The maximum Gasteiger partial charge on any atom is 0.290 e. The van der Waals surface area contributed by atoms with Gasteiger partial charge in [-0.3, -0.25) is 9.78 Å². The highest BCUT2D eigenvalue weighted by Gasteiger charge is 2.10. The molecule has 2 aromatic rings. The summed E-state index contributed by atoms with van der Waals surface area (Å²) in [4.78, 5) is 15.8. The zero-order valence-electron chi connectivity index (χ0n) is 9.73. The van der Waals surface area contributed by atoms with Gasteiger partial charge < -0.3 is 9.84 Å². The first-order valence-corrected chi connectivity index (χ1v) is 5.28. The molecule has 88 valence electrons. The van der Waals surface area contributed by atoms with Gasteiger partial charge in [0.25, 0.3) is 5.91 Å². The molecule has 0 aliphatic rings. The predicted molar refractivity (Wildman–Crippen MR) is 61.4 cm³/mol. The second-order valence-electron chi connectivity index (χ2n) is 3.82. The van der Waals surface area contributed by atoms with E-state index in [0.29, 0.717) is 12.2 Å². The summed E-state index contributed by atoms with van der Waals surface area (Å²) in [5.74, 6) is -0.0475. The number of hydrogen-bond acceptors (Lipinski definition) is 4. The van der Waals surface area contributed by atoms with Gasteiger partial charge in [-0.2, -0.15) is 0 Å². The van der Waals surface area contributed by atoms with E-state index < -0.39 is 0 Å². The highest BCUT2D eigenvalue weighted by atomic mass is 16.5. The molecule has 0 unspecified atom stereocenters. The van der Waals surface area contributed by atoms with E-state index in [2.05, 4.69) is 15.5 Å². The molecule has 2 rings (SSSR count). The van der Waals surface area contributed by atoms with Crippen molar-refractivity contribution in [3.05, 3.63) is 47.1 Å². The molecule has 2 heterocycles. The van der Waals surface area contributed by atoms with Gasteiger partial charge in [-0.25, -0.2) is 0 Å². The SMILES string of the molecule is Cc1ccc(CNC(=O)c2cc(C)no2)cn1. The fraction of sp³-hybridized carbons (Fsp3) is 0.250. The fourth-order valence-electron chi connectivity index (χ4n) is 1.34. The Kier molecular flexibility index (Phi) is 3.18. The zero-order chi connectivity index (χ0) is 12.3. The van der Waals surface area contributed by atoms with Gasteiger partial charge in [0.05, 0.1) is 5.69 Å². The molecule has 1 N–H and O–H groups in total. The average molecular weight is 231 g/mol. The Morgan fingerprint density at radius 3 is 2.76 bits per heavy atom. The van der Waals surface area contributed by atoms with Crippen molar-refractivity contribution in [2.24, 2.45) is 0 Å². The van der Waals surface area contributed by atoms with Crippen LogP contribution in [-0.2, 0) is 6.54 Å². The summed E-state index contributed by atoms with van der Waals surface area (Å²) in [5.41, 5.74) is 2.58. The van der Waals surface area contributed by atoms with Crippen LogP contribution in [-0.4, -0.2) is 16.0 Å². The number of nitrogens with one attached hydrogen (secondary N) is 1. The quantitative estimate of drug-likeness (QED) is 0.871. The van der Waals surface area contributed by atoms with Crippen LogP contribution in [0.25, 0.3) is 0 Å². The smallest absolute Gasteiger partial charge is 0.290 e. The largest absolute Gasteiger partial charge is 0.351 e. The third-order valence-electron chi connectivity index (χ3n) is 2.28. The molecule has 0 aliphatic carbocycles. The summed E-state index contributed by atoms with van der Waals surface area (Å²) in [6, 6.07) is 5.43. The minimum atomic E-state index is -0.272. The van der Waals surface area contributed by atoms with Crippen LogP contribution in [0.5, 0.6) is 0 Å². The Balaban J connectivity index is 1.94. The molecule has 2 aromatic heterocycles. The Bertz CT molecular complexity index is 517. The molecule has 0 spiro atoms. The van der Waals surface area contributed by atoms with Crippen molar-refractivity contribution in [1.29, 1.82) is 0 Å². The number of nitrogens with zero attached hydrogens (tertiary/aromatic N) is 2. The lowest BCUT2D eigenvalue weighted by Crippen LogP contribution is -2.22. The minimum absolute atomic E-state index is 0.225. The molecule has 5 nitrogen and oxygen atoms in total. The normalized spacial score (nSPS) is 10.2. The molecular weight excluding hydrogens is 218 g/mol. The first-order valence-electron chi connectivity index (χ1n) is 5.28. The predicted octanol–water partition coefficient (Wildman–Crippen LogP) is 1.62. The van der Waals surface area contributed by atoms with Crippen molar-refractivity contribution in [3.8, 4) is 0 Å². The number of aromatic nitrogens is 2. The molecular formula is C12H13N3O2. The Morgan fingerprint density at radius 2 is 2.18 bits per heavy atom. The van der Waals surface area contributed by atoms with Crippen LogP contribution >= 0.6 is 0 Å². The topological polar surface area (TPSA) is 68.0 Å². The molecule has 5 heteroatoms. The summed E-state index contributed by atoms with van der Waals surface area (Å²) in [6.07, 6.45) is 1.74. The second kappa shape index (κ2) is 4.78. The molecule has 1 amide bonds. The van der Waals surface area contributed by atoms with E-state index in [-0.39, 0.29) is 11.7 Å². The van der Waals surface area contributed by atoms with Crippen molar-refractivity contribution in [1.82, 2.24) is 15.5 Å². The fourth-order valence-corrected chi connectivity index (χ4v) is 1.34. The molecule has 0 saturated heterocycles. The number of carbonyl (C=O) groups excluding carboxylic acids is 1. The monoisotopic (exact) mass is 231 g/mol. The van der Waals surface area contributed by atoms with Crippen molar-refractivity contribution >= 4 is 5.91 Å². The van der Waals surface area contributed by atoms with E-state index in [1.807, 2.05) is 19.1 Å². The molecule has 17 heavy (non-hydrogen) atoms. The minimum Gasteiger partial charge on any atom is -0.351 e. The van der Waals surface area contributed by atoms with Crippen LogP contribution in [0.1, 0.15) is 27.5 Å². The lowest BCUT2D eigenvalue weighted by atomic mass is 10.2. The van der Waals surface area contributed by atoms with Gasteiger partial charge in [0.2, 0.25) is 5.76 Å². The lowest BCUT2D eigenvalue weighted by Gasteiger charge is -2.02. The lowest BCUT2D eigenvalue weighted by molar-refractivity contribution is 0.0914. The molecule has 0 aliphatic heterocycles. The summed E-state index contributed by atoms with van der Waals surface area (Å²) in [6.45, 7) is 4.11. The van der Waals surface area contributed by atoms with Gasteiger partial charge in [0.15, 0.2) is 0 Å². The highest BCUT2D eigenvalue weighted by Crippen LogP contribution is 2.03. The molecule has 0 atom stereocenters. The van der Waals surface area contributed by atoms with Crippen molar-refractivity contribution in [3.63, 3.8) is 0 Å². The molecule has 0 aromatic carbocycles. The summed E-state index contributed by atoms with van der Waals surface area (Å²) in [7, 11) is 0. The maximum atomic E-state index is 11.6. The van der Waals surface area contributed by atoms with E-state index in [9.17, 15) is 4.79 Å². The Hall–Kier alpha value is -2.17. The molecule has 0 radical (unpaired) electrons. The number of amides is 1. The van der Waals surface area contributed by atoms with E-state index in [0.717, 1.165) is 11.3 Å². The van der Waals surface area contributed by atoms with Crippen LogP contribution in [0, 0.1) is 13.8 Å². The number of carbonyl (C=O) groups is 1. The van der Waals surface area contributed by atoms with E-state index in [1.54, 1.807) is 19.2 Å². The number of rotatable bonds is 3. The number of aryl methyl sites for hydroxylation is 2. The summed E-state index contributed by atoms with van der Waals surface area (Å²) in [5, 5.41) is 6.39. The Labute approximate surface area is 98.8 Å². The average Bonchev–Trinajstić information content (AvgIpc) is 2.75. The van der Waals surface area contributed by atoms with Crippen molar-refractivity contribution in [2.75, 3.05) is 0 Å². The first kappa shape index (κ1) is 11.3. The third kappa shape index (κ3) is 2.90. The molecule has 0 bridgehead atoms. The van der Waals surface area contributed by atoms with E-state index in [1.165, 1.54) is 0 Å². The van der Waals surface area contributed by atoms with Gasteiger partial charge in [0.1, 0.15) is 0 Å². The van der Waals surface area contributed by atoms with Gasteiger partial charge in [-0.05, 0) is 25.5 Å². The van der Waals surface area contributed by atoms with Crippen molar-refractivity contribution < 1.29 is 9.32 Å². The van der Waals surface area contributed by atoms with Gasteiger partial charge in [0, 0.05) is 24.5 Å². The standard InChI is InChI=1S/C12H13N3O2/c1-8-3-4-10(6-13-8)7-14-12(16)11-5-9(2)15-17-11/h3-6H,7H2,1-2H3,(H,14,16). The van der Waals surface area contributed by atoms with Gasteiger partial charge in [-0.15, -0.1) is 0 Å². The molecule has 0 fully saturated rings. The van der Waals surface area contributed by atoms with E-state index in [4.69, 9.17) is 4.52 Å².